The zero-order chi connectivity index (χ0) is 57.4. The smallest absolute Gasteiger partial charge is 0.269 e. The summed E-state index contributed by atoms with van der Waals surface area (Å²) < 4.78 is 20.3. The van der Waals surface area contributed by atoms with Crippen LogP contribution in [0.4, 0.5) is 0 Å². The summed E-state index contributed by atoms with van der Waals surface area (Å²) in [6.07, 6.45) is 6.04. The Morgan fingerprint density at radius 2 is 1.01 bits per heavy atom. The van der Waals surface area contributed by atoms with Crippen LogP contribution in [0.25, 0.3) is 128 Å². The monoisotopic (exact) mass is 1090 g/mol. The van der Waals surface area contributed by atoms with Gasteiger partial charge in [0.1, 0.15) is 28.5 Å². The van der Waals surface area contributed by atoms with Crippen molar-refractivity contribution in [3.8, 4) is 84.3 Å². The van der Waals surface area contributed by atoms with Crippen LogP contribution >= 0.6 is 0 Å². The molecule has 408 valence electrons. The highest BCUT2D eigenvalue weighted by molar-refractivity contribution is 6.10. The fraction of sp³-hybridized carbons (Fsp3) is 0.154. The van der Waals surface area contributed by atoms with E-state index in [0.29, 0.717) is 5.75 Å². The summed E-state index contributed by atoms with van der Waals surface area (Å²) >= 11 is 0. The van der Waals surface area contributed by atoms with E-state index in [1.807, 2.05) is 24.4 Å². The van der Waals surface area contributed by atoms with Gasteiger partial charge < -0.3 is 9.15 Å². The van der Waals surface area contributed by atoms with Crippen LogP contribution in [-0.2, 0) is 16.2 Å². The molecule has 0 saturated heterocycles. The molecule has 6 heteroatoms. The molecule has 5 heterocycles. The van der Waals surface area contributed by atoms with Crippen LogP contribution in [0.5, 0.6) is 11.5 Å². The zero-order valence-corrected chi connectivity index (χ0v) is 49.0. The minimum atomic E-state index is -0.0952. The Bertz CT molecular complexity index is 4970. The number of nitrogens with zero attached hydrogens (tertiary/aromatic N) is 4. The molecule has 0 amide bonds. The highest BCUT2D eigenvalue weighted by atomic mass is 16.5. The molecule has 0 saturated carbocycles. The number of aromatic nitrogens is 4. The second-order valence-electron chi connectivity index (χ2n) is 25.8. The molecule has 6 nitrogen and oxygen atoms in total. The highest BCUT2D eigenvalue weighted by Gasteiger charge is 2.29. The van der Waals surface area contributed by atoms with Gasteiger partial charge in [0.2, 0.25) is 0 Å². The number of benzene rings is 10. The van der Waals surface area contributed by atoms with Gasteiger partial charge in [0, 0.05) is 33.8 Å². The molecule has 1 aliphatic rings. The molecule has 4 aromatic heterocycles. The molecule has 84 heavy (non-hydrogen) atoms. The standard InChI is InChI=1S/C78H64N4O2/c1-76(2,3)51-36-37-79-73(44-51)82-68-30-16-14-26-62(68)63-34-33-56(46-69(63)82)83-55-21-18-20-54(45-55)80-47-81-74-57(50-38-52(77(4,5)6)43-53(39-50)78(7,8)9)28-19-29-65(74)60-24-12-10-22-58(60)59-23-11-13-25-61(59)67-41-49(42-70(80)75(67)81)48-32-35-72-66(40-48)64-27-15-17-31-71(64)84-72/h10-46H,1-9H3. The van der Waals surface area contributed by atoms with Gasteiger partial charge in [-0.15, -0.1) is 0 Å². The Kier molecular flexibility index (Phi) is 11.5. The normalized spacial score (nSPS) is 12.6. The molecule has 10 aromatic carbocycles. The Morgan fingerprint density at radius 1 is 0.405 bits per heavy atom. The van der Waals surface area contributed by atoms with E-state index >= 15 is 0 Å². The highest BCUT2D eigenvalue weighted by Crippen LogP contribution is 2.48. The summed E-state index contributed by atoms with van der Waals surface area (Å²) in [5.41, 5.74) is 22.7. The van der Waals surface area contributed by atoms with Crippen molar-refractivity contribution in [3.63, 3.8) is 0 Å². The predicted molar refractivity (Wildman–Crippen MR) is 346 cm³/mol. The van der Waals surface area contributed by atoms with Gasteiger partial charge in [-0.3, -0.25) is 13.7 Å². The van der Waals surface area contributed by atoms with Crippen molar-refractivity contribution in [2.45, 2.75) is 78.6 Å². The molecule has 0 fully saturated rings. The maximum atomic E-state index is 7.03. The van der Waals surface area contributed by atoms with E-state index in [0.717, 1.165) is 122 Å². The molecule has 1 aliphatic heterocycles. The van der Waals surface area contributed by atoms with Crippen LogP contribution in [0.3, 0.4) is 0 Å². The summed E-state index contributed by atoms with van der Waals surface area (Å²) in [6.45, 7) is 20.6. The number of hydrogen-bond acceptors (Lipinski definition) is 3. The lowest BCUT2D eigenvalue weighted by atomic mass is 9.78. The summed E-state index contributed by atoms with van der Waals surface area (Å²) in [7, 11) is 0. The molecule has 14 aromatic rings. The van der Waals surface area contributed by atoms with Crippen LogP contribution < -0.4 is 9.30 Å². The summed E-state index contributed by atoms with van der Waals surface area (Å²) in [6, 6.07) is 79.4. The molecular formula is C78H64N4O2. The molecule has 15 rings (SSSR count). The van der Waals surface area contributed by atoms with Gasteiger partial charge in [0.15, 0.2) is 0 Å². The average Bonchev–Trinajstić information content (AvgIpc) is 2.36. The van der Waals surface area contributed by atoms with E-state index in [2.05, 4.69) is 283 Å². The van der Waals surface area contributed by atoms with Crippen LogP contribution in [0.15, 0.2) is 229 Å². The number of imidazole rings is 1. The van der Waals surface area contributed by atoms with Crippen molar-refractivity contribution in [2.24, 2.45) is 0 Å². The van der Waals surface area contributed by atoms with Gasteiger partial charge in [-0.1, -0.05) is 202 Å². The second kappa shape index (κ2) is 18.9. The minimum Gasteiger partial charge on any atom is -0.458 e. The molecule has 0 spiro atoms. The van der Waals surface area contributed by atoms with Crippen molar-refractivity contribution in [1.82, 2.24) is 14.1 Å². The zero-order valence-electron chi connectivity index (χ0n) is 49.0. The van der Waals surface area contributed by atoms with Crippen molar-refractivity contribution in [1.29, 1.82) is 0 Å². The summed E-state index contributed by atoms with van der Waals surface area (Å²) in [5.74, 6) is 2.30. The summed E-state index contributed by atoms with van der Waals surface area (Å²) in [4.78, 5) is 4.96. The van der Waals surface area contributed by atoms with E-state index in [9.17, 15) is 0 Å². The first-order chi connectivity index (χ1) is 40.5. The van der Waals surface area contributed by atoms with Gasteiger partial charge in [0.05, 0.1) is 33.4 Å². The average molecular weight is 1090 g/mol. The third-order valence-electron chi connectivity index (χ3n) is 17.2. The number of fused-ring (bicyclic) bond motifs is 13. The van der Waals surface area contributed by atoms with Crippen LogP contribution in [-0.4, -0.2) is 14.1 Å². The van der Waals surface area contributed by atoms with E-state index in [1.54, 1.807) is 0 Å². The minimum absolute atomic E-state index is 0.0458. The van der Waals surface area contributed by atoms with Gasteiger partial charge in [-0.05, 0) is 161 Å². The van der Waals surface area contributed by atoms with Crippen LogP contribution in [0, 0.1) is 6.33 Å². The van der Waals surface area contributed by atoms with Gasteiger partial charge in [-0.25, -0.2) is 4.98 Å². The number of ether oxygens (including phenoxy) is 1. The maximum Gasteiger partial charge on any atom is 0.269 e. The second-order valence-corrected chi connectivity index (χ2v) is 25.8. The number of furan rings is 1. The van der Waals surface area contributed by atoms with E-state index in [4.69, 9.17) is 14.1 Å². The Balaban J connectivity index is 0.988. The molecule has 0 N–H and O–H groups in total. The Hall–Kier alpha value is -9.78. The first kappa shape index (κ1) is 51.1. The van der Waals surface area contributed by atoms with Gasteiger partial charge >= 0.3 is 0 Å². The van der Waals surface area contributed by atoms with Crippen molar-refractivity contribution in [3.05, 3.63) is 248 Å². The van der Waals surface area contributed by atoms with Gasteiger partial charge in [0.25, 0.3) is 6.33 Å². The lowest BCUT2D eigenvalue weighted by molar-refractivity contribution is -0.570. The predicted octanol–water partition coefficient (Wildman–Crippen LogP) is 20.4. The van der Waals surface area contributed by atoms with E-state index in [-0.39, 0.29) is 16.2 Å². The first-order valence-electron chi connectivity index (χ1n) is 29.2. The van der Waals surface area contributed by atoms with Crippen LogP contribution in [0.2, 0.25) is 0 Å². The lowest BCUT2D eigenvalue weighted by Crippen LogP contribution is -2.32. The number of hydrogen-bond donors (Lipinski definition) is 0. The summed E-state index contributed by atoms with van der Waals surface area (Å²) in [5, 5.41) is 4.47. The van der Waals surface area contributed by atoms with Gasteiger partial charge in [-0.2, -0.15) is 0 Å². The molecule has 0 radical (unpaired) electrons. The third-order valence-corrected chi connectivity index (χ3v) is 17.2. The number of rotatable bonds is 6. The fourth-order valence-electron chi connectivity index (χ4n) is 12.7. The number of pyridine rings is 1. The maximum absolute atomic E-state index is 7.03. The molecule has 0 atom stereocenters. The third kappa shape index (κ3) is 8.45. The Labute approximate surface area is 490 Å². The Morgan fingerprint density at radius 3 is 1.75 bits per heavy atom. The van der Waals surface area contributed by atoms with Crippen LogP contribution in [0.1, 0.15) is 79.0 Å². The number of para-hydroxylation sites is 3. The SMILES string of the molecule is CC(C)(C)c1cc(-c2cccc3c2-[n+]2[c-]n(-c4cccc(Oc5ccc6c7ccccc7n(-c7cc(C(C)(C)C)ccn7)c6c5)c4)c4cc(-c5ccc6oc7ccccc7c6c5)cc(c42)-c2ccccc2-c2ccccc2-3)cc(C(C)(C)C)c1. The van der Waals surface area contributed by atoms with Crippen molar-refractivity contribution in [2.75, 3.05) is 0 Å². The van der Waals surface area contributed by atoms with Crippen molar-refractivity contribution < 1.29 is 13.7 Å². The quantitative estimate of drug-likeness (QED) is 0.123. The fourth-order valence-corrected chi connectivity index (χ4v) is 12.7. The van der Waals surface area contributed by atoms with E-state index < -0.39 is 0 Å². The molecule has 0 bridgehead atoms. The molecular weight excluding hydrogens is 1020 g/mol. The van der Waals surface area contributed by atoms with E-state index in [1.165, 1.54) is 27.8 Å². The molecule has 0 unspecified atom stereocenters. The topological polar surface area (TPSA) is 49.0 Å². The van der Waals surface area contributed by atoms with Crippen molar-refractivity contribution >= 4 is 54.8 Å². The largest absolute Gasteiger partial charge is 0.458 e. The molecule has 0 aliphatic carbocycles. The first-order valence-corrected chi connectivity index (χ1v) is 29.2. The lowest BCUT2D eigenvalue weighted by Gasteiger charge is -2.27.